The quantitative estimate of drug-likeness (QED) is 0.278. The number of nitrogens with one attached hydrogen (secondary N) is 3. The maximum absolute atomic E-state index is 12.6. The summed E-state index contributed by atoms with van der Waals surface area (Å²) in [5.74, 6) is 0.684. The van der Waals surface area contributed by atoms with Crippen LogP contribution < -0.4 is 14.9 Å². The number of aromatic amines is 2. The zero-order valence-electron chi connectivity index (χ0n) is 18.1. The van der Waals surface area contributed by atoms with Crippen molar-refractivity contribution in [2.45, 2.75) is 13.3 Å². The molecule has 3 aromatic heterocycles. The molecule has 0 saturated carbocycles. The third-order valence-corrected chi connectivity index (χ3v) is 6.16. The van der Waals surface area contributed by atoms with E-state index in [1.54, 1.807) is 18.2 Å². The molecule has 8 nitrogen and oxygen atoms in total. The average molecular weight is 473 g/mol. The van der Waals surface area contributed by atoms with Gasteiger partial charge in [-0.2, -0.15) is 0 Å². The van der Waals surface area contributed by atoms with Gasteiger partial charge in [0.15, 0.2) is 0 Å². The van der Waals surface area contributed by atoms with Gasteiger partial charge in [0, 0.05) is 23.4 Å². The summed E-state index contributed by atoms with van der Waals surface area (Å²) in [6.07, 6.45) is 1.98. The van der Waals surface area contributed by atoms with E-state index in [4.69, 9.17) is 4.74 Å². The van der Waals surface area contributed by atoms with Gasteiger partial charge in [0.2, 0.25) is 11.8 Å². The van der Waals surface area contributed by atoms with Crippen LogP contribution in [0.1, 0.15) is 26.5 Å². The van der Waals surface area contributed by atoms with Crippen LogP contribution in [0.3, 0.4) is 0 Å². The summed E-state index contributed by atoms with van der Waals surface area (Å²) in [6, 6.07) is 18.5. The molecule has 3 heterocycles. The molecule has 0 spiro atoms. The highest BCUT2D eigenvalue weighted by Gasteiger charge is 2.12. The first-order valence-corrected chi connectivity index (χ1v) is 11.3. The van der Waals surface area contributed by atoms with Crippen LogP contribution in [0.5, 0.6) is 17.5 Å². The second-order valence-electron chi connectivity index (χ2n) is 7.77. The van der Waals surface area contributed by atoms with Crippen molar-refractivity contribution < 1.29 is 14.6 Å². The van der Waals surface area contributed by atoms with Crippen LogP contribution in [0.15, 0.2) is 71.7 Å². The zero-order chi connectivity index (χ0) is 23.7. The lowest BCUT2D eigenvalue weighted by Gasteiger charge is -2.10. The van der Waals surface area contributed by atoms with Gasteiger partial charge in [0.05, 0.1) is 16.8 Å². The highest BCUT2D eigenvalue weighted by atomic mass is 32.1. The lowest BCUT2D eigenvalue weighted by Crippen LogP contribution is -2.12. The maximum Gasteiger partial charge on any atom is 0.307 e. The maximum atomic E-state index is 12.6. The van der Waals surface area contributed by atoms with Gasteiger partial charge in [-0.25, -0.2) is 4.98 Å². The summed E-state index contributed by atoms with van der Waals surface area (Å²) >= 11 is 0.992. The number of hydrogen-bond acceptors (Lipinski definition) is 6. The second-order valence-corrected chi connectivity index (χ2v) is 8.84. The molecule has 0 aliphatic carbocycles. The van der Waals surface area contributed by atoms with Crippen LogP contribution >= 0.6 is 11.3 Å². The molecule has 0 radical (unpaired) electrons. The lowest BCUT2D eigenvalue weighted by molar-refractivity contribution is 0.102. The Hall–Kier alpha value is -4.37. The molecule has 9 heteroatoms. The van der Waals surface area contributed by atoms with Gasteiger partial charge >= 0.3 is 4.87 Å². The van der Waals surface area contributed by atoms with Gasteiger partial charge in [-0.3, -0.25) is 14.6 Å². The summed E-state index contributed by atoms with van der Waals surface area (Å²) in [7, 11) is 0. The molecule has 170 valence electrons. The van der Waals surface area contributed by atoms with E-state index in [0.29, 0.717) is 34.3 Å². The molecule has 0 aliphatic rings. The molecule has 0 atom stereocenters. The first kappa shape index (κ1) is 21.5. The van der Waals surface area contributed by atoms with E-state index in [-0.39, 0.29) is 16.7 Å². The fraction of sp³-hybridized carbons (Fsp3) is 0.0800. The highest BCUT2D eigenvalue weighted by molar-refractivity contribution is 7.09. The van der Waals surface area contributed by atoms with E-state index in [0.717, 1.165) is 33.4 Å². The third-order valence-electron chi connectivity index (χ3n) is 5.29. The van der Waals surface area contributed by atoms with Gasteiger partial charge < -0.3 is 20.1 Å². The average Bonchev–Trinajstić information content (AvgIpc) is 3.39. The normalized spacial score (nSPS) is 11.0. The highest BCUT2D eigenvalue weighted by Crippen LogP contribution is 2.28. The fourth-order valence-electron chi connectivity index (χ4n) is 3.61. The van der Waals surface area contributed by atoms with Crippen molar-refractivity contribution in [3.8, 4) is 17.5 Å². The van der Waals surface area contributed by atoms with Crippen molar-refractivity contribution in [3.63, 3.8) is 0 Å². The summed E-state index contributed by atoms with van der Waals surface area (Å²) in [6.45, 7) is 1.91. The molecule has 0 unspecified atom stereocenters. The number of pyridine rings is 1. The predicted molar refractivity (Wildman–Crippen MR) is 131 cm³/mol. The number of carbonyl (C=O) groups is 1. The Balaban J connectivity index is 1.24. The van der Waals surface area contributed by atoms with Crippen molar-refractivity contribution >= 4 is 33.8 Å². The monoisotopic (exact) mass is 472 g/mol. The zero-order valence-corrected chi connectivity index (χ0v) is 18.9. The number of aromatic hydroxyl groups is 1. The number of fused-ring (bicyclic) bond motifs is 1. The van der Waals surface area contributed by atoms with E-state index < -0.39 is 0 Å². The summed E-state index contributed by atoms with van der Waals surface area (Å²) < 4.78 is 5.89. The van der Waals surface area contributed by atoms with Crippen LogP contribution in [0, 0.1) is 6.92 Å². The topological polar surface area (TPSA) is 120 Å². The number of aromatic nitrogens is 3. The minimum atomic E-state index is -0.281. The van der Waals surface area contributed by atoms with Crippen molar-refractivity contribution in [3.05, 3.63) is 98.2 Å². The van der Waals surface area contributed by atoms with Gasteiger partial charge in [-0.15, -0.1) is 0 Å². The van der Waals surface area contributed by atoms with Crippen LogP contribution in [0.4, 0.5) is 5.69 Å². The lowest BCUT2D eigenvalue weighted by atomic mass is 10.1. The van der Waals surface area contributed by atoms with Crippen LogP contribution in [-0.4, -0.2) is 26.0 Å². The standard InChI is InChI=1S/C25H20N4O4S/c1-14-10-15(11-21-24(31)29-25(32)34-21)6-8-20(14)33-22-9-7-17(13-26-22)27-23(30)19-12-16-4-2-3-5-18(16)28-19/h2-10,12-13,28,31H,11H2,1H3,(H,27,30)(H,29,32). The Labute approximate surface area is 197 Å². The summed E-state index contributed by atoms with van der Waals surface area (Å²) in [5, 5.41) is 13.6. The van der Waals surface area contributed by atoms with Crippen molar-refractivity contribution in [1.29, 1.82) is 0 Å². The number of benzene rings is 2. The molecular weight excluding hydrogens is 452 g/mol. The molecule has 5 rings (SSSR count). The molecule has 4 N–H and O–H groups in total. The van der Waals surface area contributed by atoms with E-state index in [1.807, 2.05) is 49.4 Å². The van der Waals surface area contributed by atoms with Crippen LogP contribution in [0.2, 0.25) is 0 Å². The van der Waals surface area contributed by atoms with Gasteiger partial charge in [-0.05, 0) is 42.3 Å². The van der Waals surface area contributed by atoms with E-state index >= 15 is 0 Å². The first-order chi connectivity index (χ1) is 16.4. The van der Waals surface area contributed by atoms with Gasteiger partial charge in [0.1, 0.15) is 11.4 Å². The molecule has 0 fully saturated rings. The number of hydrogen-bond donors (Lipinski definition) is 4. The number of rotatable bonds is 6. The molecular formula is C25H20N4O4S. The molecule has 5 aromatic rings. The minimum absolute atomic E-state index is 0.0890. The Bertz CT molecular complexity index is 1520. The van der Waals surface area contributed by atoms with Gasteiger partial charge in [0.25, 0.3) is 5.91 Å². The Kier molecular flexibility index (Phi) is 5.60. The van der Waals surface area contributed by atoms with Crippen LogP contribution in [0.25, 0.3) is 10.9 Å². The van der Waals surface area contributed by atoms with Crippen molar-refractivity contribution in [1.82, 2.24) is 15.0 Å². The number of thiazole rings is 1. The van der Waals surface area contributed by atoms with Crippen molar-refractivity contribution in [2.24, 2.45) is 0 Å². The fourth-order valence-corrected chi connectivity index (χ4v) is 4.37. The molecule has 2 aromatic carbocycles. The number of carbonyl (C=O) groups excluding carboxylic acids is 1. The molecule has 34 heavy (non-hydrogen) atoms. The molecule has 0 aliphatic heterocycles. The first-order valence-electron chi connectivity index (χ1n) is 10.5. The summed E-state index contributed by atoms with van der Waals surface area (Å²) in [5.41, 5.74) is 3.75. The van der Waals surface area contributed by atoms with E-state index in [9.17, 15) is 14.7 Å². The Morgan fingerprint density at radius 2 is 1.97 bits per heavy atom. The number of H-pyrrole nitrogens is 2. The van der Waals surface area contributed by atoms with E-state index in [2.05, 4.69) is 20.3 Å². The Morgan fingerprint density at radius 1 is 1.12 bits per heavy atom. The summed E-state index contributed by atoms with van der Waals surface area (Å²) in [4.78, 5) is 34.0. The predicted octanol–water partition coefficient (Wildman–Crippen LogP) is 4.96. The molecule has 0 saturated heterocycles. The van der Waals surface area contributed by atoms with E-state index in [1.165, 1.54) is 6.20 Å². The van der Waals surface area contributed by atoms with Gasteiger partial charge in [-0.1, -0.05) is 41.7 Å². The third kappa shape index (κ3) is 4.55. The van der Waals surface area contributed by atoms with Crippen molar-refractivity contribution in [2.75, 3.05) is 5.32 Å². The molecule has 1 amide bonds. The second kappa shape index (κ2) is 8.87. The number of ether oxygens (including phenoxy) is 1. The minimum Gasteiger partial charge on any atom is -0.494 e. The number of para-hydroxylation sites is 1. The number of nitrogens with zero attached hydrogens (tertiary/aromatic N) is 1. The smallest absolute Gasteiger partial charge is 0.307 e. The SMILES string of the molecule is Cc1cc(Cc2sc(=O)[nH]c2O)ccc1Oc1ccc(NC(=O)c2cc3ccccc3[nH]2)cn1. The number of anilines is 1. The largest absolute Gasteiger partial charge is 0.494 e. The number of aryl methyl sites for hydroxylation is 1. The Morgan fingerprint density at radius 3 is 2.68 bits per heavy atom. The number of amides is 1. The van der Waals surface area contributed by atoms with Crippen LogP contribution in [-0.2, 0) is 6.42 Å². The molecule has 0 bridgehead atoms.